The van der Waals surface area contributed by atoms with Crippen molar-refractivity contribution in [1.29, 1.82) is 0 Å². The van der Waals surface area contributed by atoms with Gasteiger partial charge in [-0.1, -0.05) is 11.2 Å². The zero-order valence-electron chi connectivity index (χ0n) is 9.75. The Bertz CT molecular complexity index is 667. The molecular formula is C13H9IN2O2S. The van der Waals surface area contributed by atoms with Crippen molar-refractivity contribution in [1.82, 2.24) is 10.1 Å². The van der Waals surface area contributed by atoms with E-state index in [1.807, 2.05) is 41.1 Å². The zero-order valence-corrected chi connectivity index (χ0v) is 12.7. The van der Waals surface area contributed by atoms with Crippen LogP contribution in [0.15, 0.2) is 45.6 Å². The van der Waals surface area contributed by atoms with E-state index in [0.29, 0.717) is 11.7 Å². The highest BCUT2D eigenvalue weighted by Gasteiger charge is 2.09. The van der Waals surface area contributed by atoms with E-state index in [2.05, 4.69) is 32.7 Å². The van der Waals surface area contributed by atoms with Crippen LogP contribution in [0.3, 0.4) is 0 Å². The summed E-state index contributed by atoms with van der Waals surface area (Å²) in [5.74, 6) is 1.87. The monoisotopic (exact) mass is 384 g/mol. The van der Waals surface area contributed by atoms with Gasteiger partial charge in [-0.05, 0) is 52.2 Å². The molecule has 0 unspecified atom stereocenters. The van der Waals surface area contributed by atoms with Crippen molar-refractivity contribution in [3.05, 3.63) is 50.6 Å². The molecule has 0 radical (unpaired) electrons. The molecule has 0 amide bonds. The van der Waals surface area contributed by atoms with E-state index in [1.54, 1.807) is 11.3 Å². The molecule has 0 atom stereocenters. The number of hydrogen-bond donors (Lipinski definition) is 0. The quantitative estimate of drug-likeness (QED) is 0.639. The molecule has 0 N–H and O–H groups in total. The first-order valence-corrected chi connectivity index (χ1v) is 7.57. The first-order chi connectivity index (χ1) is 9.31. The lowest BCUT2D eigenvalue weighted by atomic mass is 10.3. The molecule has 0 aliphatic rings. The van der Waals surface area contributed by atoms with Gasteiger partial charge in [0.15, 0.2) is 6.61 Å². The molecule has 0 aliphatic carbocycles. The highest BCUT2D eigenvalue weighted by molar-refractivity contribution is 14.1. The van der Waals surface area contributed by atoms with E-state index < -0.39 is 0 Å². The third-order valence-electron chi connectivity index (χ3n) is 2.41. The SMILES string of the molecule is Ic1cccc(OCc2nc(-c3ccsc3)no2)c1. The molecule has 1 aromatic carbocycles. The van der Waals surface area contributed by atoms with Gasteiger partial charge in [0.2, 0.25) is 5.82 Å². The van der Waals surface area contributed by atoms with Gasteiger partial charge in [-0.3, -0.25) is 0 Å². The second-order valence-electron chi connectivity index (χ2n) is 3.77. The number of aromatic nitrogens is 2. The van der Waals surface area contributed by atoms with Gasteiger partial charge >= 0.3 is 0 Å². The summed E-state index contributed by atoms with van der Waals surface area (Å²) in [6.45, 7) is 0.275. The molecule has 6 heteroatoms. The van der Waals surface area contributed by atoms with E-state index in [9.17, 15) is 0 Å². The van der Waals surface area contributed by atoms with Gasteiger partial charge in [0.05, 0.1) is 0 Å². The van der Waals surface area contributed by atoms with Gasteiger partial charge in [-0.2, -0.15) is 16.3 Å². The molecule has 4 nitrogen and oxygen atoms in total. The van der Waals surface area contributed by atoms with Crippen molar-refractivity contribution in [2.45, 2.75) is 6.61 Å². The number of ether oxygens (including phenoxy) is 1. The fourth-order valence-electron chi connectivity index (χ4n) is 1.52. The van der Waals surface area contributed by atoms with Gasteiger partial charge in [0, 0.05) is 14.5 Å². The molecule has 0 spiro atoms. The van der Waals surface area contributed by atoms with Crippen LogP contribution in [0.5, 0.6) is 5.75 Å². The summed E-state index contributed by atoms with van der Waals surface area (Å²) in [7, 11) is 0. The Morgan fingerprint density at radius 1 is 1.32 bits per heavy atom. The van der Waals surface area contributed by atoms with Crippen LogP contribution in [0.1, 0.15) is 5.89 Å². The molecule has 3 rings (SSSR count). The summed E-state index contributed by atoms with van der Waals surface area (Å²) in [4.78, 5) is 4.29. The fraction of sp³-hybridized carbons (Fsp3) is 0.0769. The molecule has 2 heterocycles. The standard InChI is InChI=1S/C13H9IN2O2S/c14-10-2-1-3-11(6-10)17-7-12-15-13(16-18-12)9-4-5-19-8-9/h1-6,8H,7H2. The van der Waals surface area contributed by atoms with Crippen LogP contribution in [0, 0.1) is 3.57 Å². The van der Waals surface area contributed by atoms with Gasteiger partial charge in [-0.15, -0.1) is 0 Å². The Kier molecular flexibility index (Phi) is 3.79. The van der Waals surface area contributed by atoms with Crippen molar-refractivity contribution in [2.24, 2.45) is 0 Å². The van der Waals surface area contributed by atoms with Crippen molar-refractivity contribution in [2.75, 3.05) is 0 Å². The maximum atomic E-state index is 5.61. The smallest absolute Gasteiger partial charge is 0.264 e. The van der Waals surface area contributed by atoms with Crippen LogP contribution in [0.4, 0.5) is 0 Å². The van der Waals surface area contributed by atoms with E-state index in [4.69, 9.17) is 9.26 Å². The van der Waals surface area contributed by atoms with E-state index in [1.165, 1.54) is 0 Å². The predicted molar refractivity (Wildman–Crippen MR) is 81.1 cm³/mol. The van der Waals surface area contributed by atoms with Crippen LogP contribution < -0.4 is 4.74 Å². The van der Waals surface area contributed by atoms with E-state index in [-0.39, 0.29) is 6.61 Å². The largest absolute Gasteiger partial charge is 0.484 e. The van der Waals surface area contributed by atoms with Gasteiger partial charge in [0.1, 0.15) is 5.75 Å². The summed E-state index contributed by atoms with van der Waals surface area (Å²) >= 11 is 3.84. The average molecular weight is 384 g/mol. The summed E-state index contributed by atoms with van der Waals surface area (Å²) in [5, 5.41) is 7.89. The molecular weight excluding hydrogens is 375 g/mol. The van der Waals surface area contributed by atoms with Crippen LogP contribution >= 0.6 is 33.9 Å². The van der Waals surface area contributed by atoms with Gasteiger partial charge < -0.3 is 9.26 Å². The molecule has 0 saturated heterocycles. The molecule has 2 aromatic heterocycles. The minimum Gasteiger partial charge on any atom is -0.484 e. The zero-order chi connectivity index (χ0) is 13.1. The maximum absolute atomic E-state index is 5.61. The summed E-state index contributed by atoms with van der Waals surface area (Å²) in [5.41, 5.74) is 0.967. The number of rotatable bonds is 4. The van der Waals surface area contributed by atoms with Gasteiger partial charge in [-0.25, -0.2) is 0 Å². The lowest BCUT2D eigenvalue weighted by Crippen LogP contribution is -1.95. The van der Waals surface area contributed by atoms with Crippen molar-refractivity contribution < 1.29 is 9.26 Å². The van der Waals surface area contributed by atoms with Crippen LogP contribution in [0.2, 0.25) is 0 Å². The Labute approximate surface area is 127 Å². The maximum Gasteiger partial charge on any atom is 0.264 e. The Balaban J connectivity index is 1.68. The number of nitrogens with zero attached hydrogens (tertiary/aromatic N) is 2. The highest BCUT2D eigenvalue weighted by atomic mass is 127. The van der Waals surface area contributed by atoms with Crippen LogP contribution in [0.25, 0.3) is 11.4 Å². The molecule has 0 bridgehead atoms. The Morgan fingerprint density at radius 2 is 2.26 bits per heavy atom. The van der Waals surface area contributed by atoms with Crippen molar-refractivity contribution in [3.63, 3.8) is 0 Å². The molecule has 0 saturated carbocycles. The fourth-order valence-corrected chi connectivity index (χ4v) is 2.67. The second-order valence-corrected chi connectivity index (χ2v) is 5.80. The molecule has 3 aromatic rings. The van der Waals surface area contributed by atoms with Crippen molar-refractivity contribution in [3.8, 4) is 17.1 Å². The van der Waals surface area contributed by atoms with E-state index >= 15 is 0 Å². The predicted octanol–water partition coefficient (Wildman–Crippen LogP) is 3.98. The minimum absolute atomic E-state index is 0.275. The normalized spacial score (nSPS) is 10.6. The Morgan fingerprint density at radius 3 is 3.05 bits per heavy atom. The number of thiophene rings is 1. The van der Waals surface area contributed by atoms with Crippen LogP contribution in [-0.2, 0) is 6.61 Å². The average Bonchev–Trinajstić information content (AvgIpc) is 3.07. The second kappa shape index (κ2) is 5.70. The number of halogens is 1. The molecule has 0 fully saturated rings. The number of benzene rings is 1. The molecule has 19 heavy (non-hydrogen) atoms. The topological polar surface area (TPSA) is 48.2 Å². The van der Waals surface area contributed by atoms with Crippen LogP contribution in [-0.4, -0.2) is 10.1 Å². The van der Waals surface area contributed by atoms with Gasteiger partial charge in [0.25, 0.3) is 5.89 Å². The first kappa shape index (κ1) is 12.6. The molecule has 0 aliphatic heterocycles. The summed E-state index contributed by atoms with van der Waals surface area (Å²) in [6, 6.07) is 9.77. The first-order valence-electron chi connectivity index (χ1n) is 5.55. The molecule has 96 valence electrons. The highest BCUT2D eigenvalue weighted by Crippen LogP contribution is 2.20. The third-order valence-corrected chi connectivity index (χ3v) is 3.76. The lowest BCUT2D eigenvalue weighted by molar-refractivity contribution is 0.243. The minimum atomic E-state index is 0.275. The summed E-state index contributed by atoms with van der Waals surface area (Å²) < 4.78 is 11.9. The van der Waals surface area contributed by atoms with Crippen molar-refractivity contribution >= 4 is 33.9 Å². The summed E-state index contributed by atoms with van der Waals surface area (Å²) in [6.07, 6.45) is 0. The number of hydrogen-bond acceptors (Lipinski definition) is 5. The van der Waals surface area contributed by atoms with E-state index in [0.717, 1.165) is 14.9 Å². The lowest BCUT2D eigenvalue weighted by Gasteiger charge is -2.02. The third kappa shape index (κ3) is 3.13. The Hall–Kier alpha value is -1.41.